The predicted molar refractivity (Wildman–Crippen MR) is 145 cm³/mol. The Morgan fingerprint density at radius 3 is 2.87 bits per heavy atom. The molecule has 8 nitrogen and oxygen atoms in total. The van der Waals surface area contributed by atoms with Crippen LogP contribution in [0.4, 0.5) is 11.5 Å². The van der Waals surface area contributed by atoms with Crippen LogP contribution >= 0.6 is 0 Å². The van der Waals surface area contributed by atoms with Gasteiger partial charge in [0.15, 0.2) is 9.84 Å². The highest BCUT2D eigenvalue weighted by molar-refractivity contribution is 7.91. The Bertz CT molecular complexity index is 1670. The van der Waals surface area contributed by atoms with E-state index in [2.05, 4.69) is 40.3 Å². The van der Waals surface area contributed by atoms with E-state index in [9.17, 15) is 13.2 Å². The first-order chi connectivity index (χ1) is 18.4. The highest BCUT2D eigenvalue weighted by Gasteiger charge is 2.24. The molecule has 1 N–H and O–H groups in total. The second-order valence-corrected chi connectivity index (χ2v) is 11.9. The Morgan fingerprint density at radius 2 is 1.97 bits per heavy atom. The minimum absolute atomic E-state index is 0.0935. The number of amides is 1. The molecule has 2 aromatic carbocycles. The molecule has 0 bridgehead atoms. The van der Waals surface area contributed by atoms with Gasteiger partial charge in [0.2, 0.25) is 0 Å². The fourth-order valence-electron chi connectivity index (χ4n) is 5.10. The van der Waals surface area contributed by atoms with E-state index in [0.717, 1.165) is 36.1 Å². The molecule has 0 unspecified atom stereocenters. The van der Waals surface area contributed by atoms with Gasteiger partial charge in [0.1, 0.15) is 5.82 Å². The molecule has 0 radical (unpaired) electrons. The van der Waals surface area contributed by atoms with Crippen molar-refractivity contribution in [1.29, 1.82) is 0 Å². The third kappa shape index (κ3) is 4.75. The zero-order chi connectivity index (χ0) is 26.3. The molecule has 1 amide bonds. The lowest BCUT2D eigenvalue weighted by molar-refractivity contribution is 0.0950. The number of rotatable bonds is 4. The number of nitrogens with one attached hydrogen (secondary N) is 1. The summed E-state index contributed by atoms with van der Waals surface area (Å²) in [5.74, 6) is 0.430. The van der Waals surface area contributed by atoms with E-state index in [0.29, 0.717) is 11.3 Å². The van der Waals surface area contributed by atoms with E-state index in [1.54, 1.807) is 18.3 Å². The molecule has 4 aromatic rings. The van der Waals surface area contributed by atoms with Crippen LogP contribution in [-0.2, 0) is 34.1 Å². The molecule has 0 spiro atoms. The van der Waals surface area contributed by atoms with Crippen molar-refractivity contribution in [2.75, 3.05) is 23.8 Å². The molecule has 0 saturated heterocycles. The van der Waals surface area contributed by atoms with E-state index in [1.807, 2.05) is 18.2 Å². The fraction of sp³-hybridized carbons (Fsp3) is 0.276. The van der Waals surface area contributed by atoms with Crippen LogP contribution in [0.2, 0.25) is 0 Å². The topological polar surface area (TPSA) is 101 Å². The molecule has 0 atom stereocenters. The maximum absolute atomic E-state index is 12.9. The molecule has 0 saturated carbocycles. The summed E-state index contributed by atoms with van der Waals surface area (Å²) in [6.07, 6.45) is 3.90. The molecule has 6 rings (SSSR count). The molecule has 4 heterocycles. The minimum Gasteiger partial charge on any atom is -0.376 e. The smallest absolute Gasteiger partial charge is 0.251 e. The van der Waals surface area contributed by atoms with Crippen LogP contribution in [0.3, 0.4) is 0 Å². The van der Waals surface area contributed by atoms with Gasteiger partial charge >= 0.3 is 0 Å². The summed E-state index contributed by atoms with van der Waals surface area (Å²) in [6, 6.07) is 17.2. The minimum atomic E-state index is -3.49. The van der Waals surface area contributed by atoms with Crippen molar-refractivity contribution in [2.45, 2.75) is 37.8 Å². The lowest BCUT2D eigenvalue weighted by atomic mass is 9.99. The standard InChI is InChI=1S/C29H28N4O4S/c1-19-4-8-26-20(13-19)3-2-10-33(26)28-9-7-22-16-30-24(15-25(22)32-28)17-31-29(34)21-5-6-23-18-37-11-12-38(35,36)27(23)14-21/h4-9,13-16H,2-3,10-12,17-18H2,1H3,(H,31,34). The lowest BCUT2D eigenvalue weighted by Gasteiger charge is -2.30. The molecule has 2 aromatic heterocycles. The van der Waals surface area contributed by atoms with Gasteiger partial charge in [-0.1, -0.05) is 23.8 Å². The highest BCUT2D eigenvalue weighted by atomic mass is 32.2. The average Bonchev–Trinajstić information content (AvgIpc) is 3.08. The summed E-state index contributed by atoms with van der Waals surface area (Å²) in [4.78, 5) is 24.7. The molecule has 38 heavy (non-hydrogen) atoms. The third-order valence-electron chi connectivity index (χ3n) is 7.09. The molecule has 2 aliphatic rings. The monoisotopic (exact) mass is 528 g/mol. The maximum atomic E-state index is 12.9. The second-order valence-electron chi connectivity index (χ2n) is 9.80. The maximum Gasteiger partial charge on any atom is 0.251 e. The largest absolute Gasteiger partial charge is 0.376 e. The quantitative estimate of drug-likeness (QED) is 0.422. The molecule has 194 valence electrons. The number of hydrogen-bond donors (Lipinski definition) is 1. The van der Waals surface area contributed by atoms with Crippen LogP contribution in [0, 0.1) is 6.92 Å². The Kier molecular flexibility index (Phi) is 6.33. The van der Waals surface area contributed by atoms with Crippen LogP contribution in [-0.4, -0.2) is 43.2 Å². The number of carbonyl (C=O) groups is 1. The Labute approximate surface area is 221 Å². The molecule has 0 aliphatic carbocycles. The van der Waals surface area contributed by atoms with Gasteiger partial charge in [-0.15, -0.1) is 0 Å². The summed E-state index contributed by atoms with van der Waals surface area (Å²) in [6.45, 7) is 3.58. The first-order valence-electron chi connectivity index (χ1n) is 12.7. The number of aromatic nitrogens is 2. The van der Waals surface area contributed by atoms with Crippen molar-refractivity contribution in [3.63, 3.8) is 0 Å². The number of aryl methyl sites for hydroxylation is 2. The number of carbonyl (C=O) groups excluding carboxylic acids is 1. The second kappa shape index (κ2) is 9.81. The number of hydrogen-bond acceptors (Lipinski definition) is 7. The van der Waals surface area contributed by atoms with Crippen LogP contribution in [0.5, 0.6) is 0 Å². The van der Waals surface area contributed by atoms with E-state index in [4.69, 9.17) is 9.72 Å². The van der Waals surface area contributed by atoms with Gasteiger partial charge in [0, 0.05) is 29.4 Å². The Balaban J connectivity index is 1.22. The molecular formula is C29H28N4O4S. The summed E-state index contributed by atoms with van der Waals surface area (Å²) >= 11 is 0. The van der Waals surface area contributed by atoms with Gasteiger partial charge < -0.3 is 15.0 Å². The number of ether oxygens (including phenoxy) is 1. The number of pyridine rings is 2. The zero-order valence-electron chi connectivity index (χ0n) is 21.1. The van der Waals surface area contributed by atoms with E-state index in [1.165, 1.54) is 22.9 Å². The van der Waals surface area contributed by atoms with Gasteiger partial charge in [0.05, 0.1) is 41.6 Å². The summed E-state index contributed by atoms with van der Waals surface area (Å²) in [5, 5.41) is 3.78. The summed E-state index contributed by atoms with van der Waals surface area (Å²) in [5.41, 5.74) is 6.13. The number of anilines is 2. The first kappa shape index (κ1) is 24.5. The third-order valence-corrected chi connectivity index (χ3v) is 8.85. The fourth-order valence-corrected chi connectivity index (χ4v) is 6.49. The van der Waals surface area contributed by atoms with Gasteiger partial charge in [-0.05, 0) is 67.3 Å². The van der Waals surface area contributed by atoms with Gasteiger partial charge in [-0.25, -0.2) is 13.4 Å². The van der Waals surface area contributed by atoms with Crippen molar-refractivity contribution < 1.29 is 17.9 Å². The SMILES string of the molecule is Cc1ccc2c(c1)CCCN2c1ccc2cnc(CNC(=O)c3ccc4c(c3)S(=O)(=O)CCOC4)cc2n1. The number of sulfone groups is 1. The van der Waals surface area contributed by atoms with Gasteiger partial charge in [-0.3, -0.25) is 9.78 Å². The van der Waals surface area contributed by atoms with Crippen molar-refractivity contribution >= 4 is 38.2 Å². The van der Waals surface area contributed by atoms with Crippen LogP contribution < -0.4 is 10.2 Å². The van der Waals surface area contributed by atoms with Crippen LogP contribution in [0.15, 0.2) is 65.7 Å². The first-order valence-corrected chi connectivity index (χ1v) is 14.4. The van der Waals surface area contributed by atoms with Crippen LogP contribution in [0.25, 0.3) is 10.9 Å². The van der Waals surface area contributed by atoms with Crippen molar-refractivity contribution in [2.24, 2.45) is 0 Å². The van der Waals surface area contributed by atoms with E-state index < -0.39 is 9.84 Å². The molecular weight excluding hydrogens is 500 g/mol. The number of fused-ring (bicyclic) bond motifs is 3. The predicted octanol–water partition coefficient (Wildman–Crippen LogP) is 4.26. The average molecular weight is 529 g/mol. The zero-order valence-corrected chi connectivity index (χ0v) is 21.9. The lowest BCUT2D eigenvalue weighted by Crippen LogP contribution is -2.25. The van der Waals surface area contributed by atoms with Crippen molar-refractivity contribution in [3.8, 4) is 0 Å². The van der Waals surface area contributed by atoms with Crippen molar-refractivity contribution in [1.82, 2.24) is 15.3 Å². The van der Waals surface area contributed by atoms with Gasteiger partial charge in [0.25, 0.3) is 5.91 Å². The highest BCUT2D eigenvalue weighted by Crippen LogP contribution is 2.34. The summed E-state index contributed by atoms with van der Waals surface area (Å²) in [7, 11) is -3.49. The molecule has 9 heteroatoms. The van der Waals surface area contributed by atoms with E-state index >= 15 is 0 Å². The summed E-state index contributed by atoms with van der Waals surface area (Å²) < 4.78 is 30.5. The van der Waals surface area contributed by atoms with Gasteiger partial charge in [-0.2, -0.15) is 0 Å². The van der Waals surface area contributed by atoms with Crippen LogP contribution in [0.1, 0.15) is 39.2 Å². The number of nitrogens with zero attached hydrogens (tertiary/aromatic N) is 3. The van der Waals surface area contributed by atoms with E-state index in [-0.39, 0.29) is 41.9 Å². The Morgan fingerprint density at radius 1 is 1.08 bits per heavy atom. The molecule has 0 fully saturated rings. The normalized spacial score (nSPS) is 16.4. The number of benzene rings is 2. The molecule has 2 aliphatic heterocycles. The van der Waals surface area contributed by atoms with Crippen molar-refractivity contribution in [3.05, 3.63) is 88.7 Å². The Hall–Kier alpha value is -3.82.